The van der Waals surface area contributed by atoms with E-state index < -0.39 is 11.8 Å². The van der Waals surface area contributed by atoms with E-state index in [9.17, 15) is 14.0 Å². The first-order chi connectivity index (χ1) is 14.5. The summed E-state index contributed by atoms with van der Waals surface area (Å²) in [7, 11) is 0. The fourth-order valence-electron chi connectivity index (χ4n) is 2.87. The Labute approximate surface area is 179 Å². The van der Waals surface area contributed by atoms with Crippen molar-refractivity contribution < 1.29 is 14.0 Å². The third-order valence-electron chi connectivity index (χ3n) is 4.37. The minimum absolute atomic E-state index is 0.110. The maximum absolute atomic E-state index is 13.6. The van der Waals surface area contributed by atoms with E-state index in [-0.39, 0.29) is 11.6 Å². The highest BCUT2D eigenvalue weighted by atomic mass is 35.5. The van der Waals surface area contributed by atoms with Crippen LogP contribution in [0.5, 0.6) is 0 Å². The van der Waals surface area contributed by atoms with E-state index >= 15 is 0 Å². The zero-order valence-corrected chi connectivity index (χ0v) is 16.9. The molecule has 3 amide bonds. The Balaban J connectivity index is 1.59. The number of anilines is 2. The van der Waals surface area contributed by atoms with Gasteiger partial charge in [-0.15, -0.1) is 0 Å². The summed E-state index contributed by atoms with van der Waals surface area (Å²) in [6, 6.07) is 21.5. The van der Waals surface area contributed by atoms with Gasteiger partial charge in [-0.3, -0.25) is 4.79 Å². The molecule has 5 nitrogen and oxygen atoms in total. The first-order valence-corrected chi connectivity index (χ1v) is 9.84. The van der Waals surface area contributed by atoms with Gasteiger partial charge in [-0.2, -0.15) is 0 Å². The second kappa shape index (κ2) is 10.4. The van der Waals surface area contributed by atoms with Crippen molar-refractivity contribution in [1.29, 1.82) is 0 Å². The number of rotatable bonds is 7. The Kier molecular flexibility index (Phi) is 7.40. The standard InChI is InChI=1S/C23H21ClFN3O2/c24-18-13-11-17(12-14-18)22(29)28(19-7-2-1-3-8-19)16-6-15-26-23(30)27-21-10-5-4-9-20(21)25/h1-5,7-14H,6,15-16H2,(H2,26,27,30). The molecule has 0 aliphatic rings. The molecule has 2 N–H and O–H groups in total. The number of hydrogen-bond acceptors (Lipinski definition) is 2. The lowest BCUT2D eigenvalue weighted by atomic mass is 10.1. The topological polar surface area (TPSA) is 61.4 Å². The molecule has 0 fully saturated rings. The van der Waals surface area contributed by atoms with E-state index in [1.54, 1.807) is 41.3 Å². The Morgan fingerprint density at radius 2 is 1.57 bits per heavy atom. The van der Waals surface area contributed by atoms with Crippen molar-refractivity contribution in [2.24, 2.45) is 0 Å². The maximum Gasteiger partial charge on any atom is 0.319 e. The third kappa shape index (κ3) is 5.81. The zero-order valence-electron chi connectivity index (χ0n) is 16.1. The zero-order chi connectivity index (χ0) is 21.3. The first-order valence-electron chi connectivity index (χ1n) is 9.46. The summed E-state index contributed by atoms with van der Waals surface area (Å²) in [5, 5.41) is 5.70. The molecule has 0 aliphatic heterocycles. The molecule has 30 heavy (non-hydrogen) atoms. The molecule has 0 atom stereocenters. The molecule has 0 aliphatic carbocycles. The average molecular weight is 426 g/mol. The molecule has 0 saturated carbocycles. The number of benzene rings is 3. The van der Waals surface area contributed by atoms with Gasteiger partial charge in [-0.1, -0.05) is 41.9 Å². The monoisotopic (exact) mass is 425 g/mol. The van der Waals surface area contributed by atoms with Gasteiger partial charge in [0, 0.05) is 29.4 Å². The molecule has 0 saturated heterocycles. The van der Waals surface area contributed by atoms with Gasteiger partial charge in [0.15, 0.2) is 0 Å². The summed E-state index contributed by atoms with van der Waals surface area (Å²) in [4.78, 5) is 26.6. The number of carbonyl (C=O) groups excluding carboxylic acids is 2. The van der Waals surface area contributed by atoms with Crippen molar-refractivity contribution >= 4 is 34.9 Å². The van der Waals surface area contributed by atoms with Crippen LogP contribution in [0.3, 0.4) is 0 Å². The minimum Gasteiger partial charge on any atom is -0.338 e. The van der Waals surface area contributed by atoms with Crippen LogP contribution in [0, 0.1) is 5.82 Å². The number of para-hydroxylation sites is 2. The molecule has 7 heteroatoms. The summed E-state index contributed by atoms with van der Waals surface area (Å²) in [5.41, 5.74) is 1.39. The minimum atomic E-state index is -0.504. The Bertz CT molecular complexity index is 997. The van der Waals surface area contributed by atoms with Crippen LogP contribution in [0.1, 0.15) is 16.8 Å². The third-order valence-corrected chi connectivity index (χ3v) is 4.62. The SMILES string of the molecule is O=C(NCCCN(C(=O)c1ccc(Cl)cc1)c1ccccc1)Nc1ccccc1F. The highest BCUT2D eigenvalue weighted by molar-refractivity contribution is 6.30. The van der Waals surface area contributed by atoms with Gasteiger partial charge >= 0.3 is 6.03 Å². The smallest absolute Gasteiger partial charge is 0.319 e. The van der Waals surface area contributed by atoms with Gasteiger partial charge in [-0.05, 0) is 55.0 Å². The summed E-state index contributed by atoms with van der Waals surface area (Å²) in [6.45, 7) is 0.711. The van der Waals surface area contributed by atoms with Crippen LogP contribution in [0.4, 0.5) is 20.6 Å². The lowest BCUT2D eigenvalue weighted by Crippen LogP contribution is -2.35. The number of halogens is 2. The van der Waals surface area contributed by atoms with Gasteiger partial charge in [0.05, 0.1) is 5.69 Å². The average Bonchev–Trinajstić information content (AvgIpc) is 2.76. The summed E-state index contributed by atoms with van der Waals surface area (Å²) < 4.78 is 13.6. The van der Waals surface area contributed by atoms with E-state index in [4.69, 9.17) is 11.6 Å². The van der Waals surface area contributed by atoms with Gasteiger partial charge in [0.25, 0.3) is 5.91 Å². The largest absolute Gasteiger partial charge is 0.338 e. The Hall–Kier alpha value is -3.38. The van der Waals surface area contributed by atoms with Crippen LogP contribution in [0.25, 0.3) is 0 Å². The number of nitrogens with one attached hydrogen (secondary N) is 2. The van der Waals surface area contributed by atoms with E-state index in [1.165, 1.54) is 12.1 Å². The molecular weight excluding hydrogens is 405 g/mol. The van der Waals surface area contributed by atoms with Crippen molar-refractivity contribution in [1.82, 2.24) is 5.32 Å². The Morgan fingerprint density at radius 1 is 0.900 bits per heavy atom. The van der Waals surface area contributed by atoms with E-state index in [1.807, 2.05) is 30.3 Å². The van der Waals surface area contributed by atoms with Crippen LogP contribution < -0.4 is 15.5 Å². The maximum atomic E-state index is 13.6. The van der Waals surface area contributed by atoms with Crippen molar-refractivity contribution in [3.63, 3.8) is 0 Å². The number of urea groups is 1. The highest BCUT2D eigenvalue weighted by Crippen LogP contribution is 2.19. The lowest BCUT2D eigenvalue weighted by Gasteiger charge is -2.23. The van der Waals surface area contributed by atoms with Crippen LogP contribution >= 0.6 is 11.6 Å². The lowest BCUT2D eigenvalue weighted by molar-refractivity contribution is 0.0986. The molecule has 0 aromatic heterocycles. The number of amides is 3. The molecule has 0 bridgehead atoms. The van der Waals surface area contributed by atoms with Crippen LogP contribution in [0.15, 0.2) is 78.9 Å². The van der Waals surface area contributed by atoms with Crippen molar-refractivity contribution in [3.8, 4) is 0 Å². The van der Waals surface area contributed by atoms with E-state index in [0.717, 1.165) is 5.69 Å². The van der Waals surface area contributed by atoms with Gasteiger partial charge < -0.3 is 15.5 Å². The highest BCUT2D eigenvalue weighted by Gasteiger charge is 2.17. The second-order valence-corrected chi connectivity index (χ2v) is 6.95. The summed E-state index contributed by atoms with van der Waals surface area (Å²) >= 11 is 5.92. The fraction of sp³-hybridized carbons (Fsp3) is 0.130. The Morgan fingerprint density at radius 3 is 2.27 bits per heavy atom. The van der Waals surface area contributed by atoms with Gasteiger partial charge in [-0.25, -0.2) is 9.18 Å². The summed E-state index contributed by atoms with van der Waals surface area (Å²) in [6.07, 6.45) is 0.513. The van der Waals surface area contributed by atoms with Crippen LogP contribution in [-0.2, 0) is 0 Å². The predicted molar refractivity (Wildman–Crippen MR) is 118 cm³/mol. The quantitative estimate of drug-likeness (QED) is 0.502. The van der Waals surface area contributed by atoms with Crippen LogP contribution in [-0.4, -0.2) is 25.0 Å². The van der Waals surface area contributed by atoms with Crippen molar-refractivity contribution in [3.05, 3.63) is 95.3 Å². The van der Waals surface area contributed by atoms with Crippen LogP contribution in [0.2, 0.25) is 5.02 Å². The predicted octanol–water partition coefficient (Wildman–Crippen LogP) is 5.34. The number of carbonyl (C=O) groups is 2. The molecule has 3 aromatic carbocycles. The van der Waals surface area contributed by atoms with E-state index in [2.05, 4.69) is 10.6 Å². The molecule has 0 unspecified atom stereocenters. The van der Waals surface area contributed by atoms with E-state index in [0.29, 0.717) is 30.1 Å². The molecule has 3 rings (SSSR count). The normalized spacial score (nSPS) is 10.3. The molecule has 3 aromatic rings. The molecule has 0 spiro atoms. The van der Waals surface area contributed by atoms with Gasteiger partial charge in [0.1, 0.15) is 5.82 Å². The molecule has 0 heterocycles. The fourth-order valence-corrected chi connectivity index (χ4v) is 3.00. The number of nitrogens with zero attached hydrogens (tertiary/aromatic N) is 1. The number of hydrogen-bond donors (Lipinski definition) is 2. The van der Waals surface area contributed by atoms with Gasteiger partial charge in [0.2, 0.25) is 0 Å². The molecule has 154 valence electrons. The molecular formula is C23H21ClFN3O2. The first kappa shape index (κ1) is 21.3. The van der Waals surface area contributed by atoms with Crippen molar-refractivity contribution in [2.75, 3.05) is 23.3 Å². The second-order valence-electron chi connectivity index (χ2n) is 6.51. The van der Waals surface area contributed by atoms with Crippen molar-refractivity contribution in [2.45, 2.75) is 6.42 Å². The summed E-state index contributed by atoms with van der Waals surface area (Å²) in [5.74, 6) is -0.662. The molecule has 0 radical (unpaired) electrons.